The molecular formula is C22H22N2O3. The summed E-state index contributed by atoms with van der Waals surface area (Å²) in [6.07, 6.45) is 4.54. The van der Waals surface area contributed by atoms with Crippen molar-refractivity contribution in [3.8, 4) is 0 Å². The van der Waals surface area contributed by atoms with Crippen LogP contribution in [0.3, 0.4) is 0 Å². The Balaban J connectivity index is 2.09. The van der Waals surface area contributed by atoms with Gasteiger partial charge in [-0.15, -0.1) is 0 Å². The Morgan fingerprint density at radius 2 is 2.07 bits per heavy atom. The summed E-state index contributed by atoms with van der Waals surface area (Å²) in [5.41, 5.74) is 4.31. The van der Waals surface area contributed by atoms with E-state index in [4.69, 9.17) is 9.47 Å². The van der Waals surface area contributed by atoms with Gasteiger partial charge in [0.25, 0.3) is 0 Å². The fraction of sp³-hybridized carbons (Fsp3) is 0.273. The molecule has 5 nitrogen and oxygen atoms in total. The highest BCUT2D eigenvalue weighted by molar-refractivity contribution is 6.11. The number of benzene rings is 1. The summed E-state index contributed by atoms with van der Waals surface area (Å²) in [5.74, 6) is 0.363. The molecule has 5 heteroatoms. The van der Waals surface area contributed by atoms with E-state index in [9.17, 15) is 4.79 Å². The summed E-state index contributed by atoms with van der Waals surface area (Å²) in [4.78, 5) is 16.9. The monoisotopic (exact) mass is 362 g/mol. The van der Waals surface area contributed by atoms with Crippen LogP contribution in [0.1, 0.15) is 49.5 Å². The number of fused-ring (bicyclic) bond motifs is 3. The van der Waals surface area contributed by atoms with Gasteiger partial charge in [-0.05, 0) is 32.9 Å². The first-order chi connectivity index (χ1) is 13.0. The number of esters is 1. The number of allylic oxidation sites excluding steroid dienone is 2. The summed E-state index contributed by atoms with van der Waals surface area (Å²) in [7, 11) is 1.37. The van der Waals surface area contributed by atoms with Crippen LogP contribution in [0, 0.1) is 0 Å². The second-order valence-electron chi connectivity index (χ2n) is 7.03. The quantitative estimate of drug-likeness (QED) is 0.473. The fourth-order valence-electron chi connectivity index (χ4n) is 3.61. The zero-order valence-electron chi connectivity index (χ0n) is 15.9. The van der Waals surface area contributed by atoms with Crippen molar-refractivity contribution in [2.24, 2.45) is 0 Å². The third kappa shape index (κ3) is 2.89. The van der Waals surface area contributed by atoms with E-state index in [0.29, 0.717) is 12.1 Å². The van der Waals surface area contributed by atoms with Crippen molar-refractivity contribution in [3.63, 3.8) is 0 Å². The molecule has 3 heterocycles. The summed E-state index contributed by atoms with van der Waals surface area (Å²) < 4.78 is 13.2. The van der Waals surface area contributed by atoms with E-state index in [-0.39, 0.29) is 6.10 Å². The summed E-state index contributed by atoms with van der Waals surface area (Å²) in [6.45, 7) is 6.07. The molecule has 0 amide bonds. The van der Waals surface area contributed by atoms with Crippen molar-refractivity contribution in [2.45, 2.75) is 33.3 Å². The Bertz CT molecular complexity index is 1120. The van der Waals surface area contributed by atoms with Gasteiger partial charge in [-0.25, -0.2) is 9.78 Å². The van der Waals surface area contributed by atoms with Crippen LogP contribution in [0.5, 0.6) is 0 Å². The van der Waals surface area contributed by atoms with Crippen LogP contribution >= 0.6 is 0 Å². The van der Waals surface area contributed by atoms with E-state index in [0.717, 1.165) is 33.3 Å². The standard InChI is InChI=1S/C22H22N2O3/c1-13(2)9-10-19-20-21-16(11-17(23-20)22(25)26-4)15-7-5-6-8-18(15)24(21)12-14(3)27-19/h5-9,11-12,19H,10H2,1-4H3. The number of aromatic nitrogens is 2. The number of hydrogen-bond donors (Lipinski definition) is 0. The molecule has 1 aliphatic rings. The fourth-order valence-corrected chi connectivity index (χ4v) is 3.61. The summed E-state index contributed by atoms with van der Waals surface area (Å²) >= 11 is 0. The van der Waals surface area contributed by atoms with Crippen molar-refractivity contribution in [2.75, 3.05) is 7.11 Å². The summed E-state index contributed by atoms with van der Waals surface area (Å²) in [6, 6.07) is 9.96. The molecule has 4 rings (SSSR count). The maximum atomic E-state index is 12.3. The molecule has 1 aliphatic heterocycles. The number of para-hydroxylation sites is 1. The van der Waals surface area contributed by atoms with Crippen LogP contribution in [0.2, 0.25) is 0 Å². The third-order valence-electron chi connectivity index (χ3n) is 4.79. The lowest BCUT2D eigenvalue weighted by molar-refractivity contribution is 0.0592. The summed E-state index contributed by atoms with van der Waals surface area (Å²) in [5, 5.41) is 2.06. The van der Waals surface area contributed by atoms with Crippen LogP contribution in [0.4, 0.5) is 0 Å². The van der Waals surface area contributed by atoms with Gasteiger partial charge in [0.05, 0.1) is 18.1 Å². The number of carbonyl (C=O) groups is 1. The third-order valence-corrected chi connectivity index (χ3v) is 4.79. The molecule has 0 saturated heterocycles. The highest BCUT2D eigenvalue weighted by Gasteiger charge is 2.27. The first-order valence-electron chi connectivity index (χ1n) is 9.00. The minimum atomic E-state index is -0.445. The Morgan fingerprint density at radius 3 is 2.81 bits per heavy atom. The van der Waals surface area contributed by atoms with E-state index in [1.54, 1.807) is 0 Å². The molecule has 138 valence electrons. The Labute approximate surface area is 157 Å². The zero-order chi connectivity index (χ0) is 19.1. The van der Waals surface area contributed by atoms with Crippen LogP contribution in [-0.4, -0.2) is 22.6 Å². The van der Waals surface area contributed by atoms with Gasteiger partial charge in [0.15, 0.2) is 0 Å². The van der Waals surface area contributed by atoms with Gasteiger partial charge >= 0.3 is 5.97 Å². The van der Waals surface area contributed by atoms with E-state index in [2.05, 4.69) is 41.6 Å². The Hall–Kier alpha value is -3.08. The van der Waals surface area contributed by atoms with Crippen molar-refractivity contribution in [1.29, 1.82) is 0 Å². The van der Waals surface area contributed by atoms with Crippen molar-refractivity contribution in [1.82, 2.24) is 9.55 Å². The molecule has 1 unspecified atom stereocenters. The van der Waals surface area contributed by atoms with Crippen molar-refractivity contribution >= 4 is 34.0 Å². The topological polar surface area (TPSA) is 53.4 Å². The largest absolute Gasteiger partial charge is 0.487 e. The van der Waals surface area contributed by atoms with Gasteiger partial charge in [-0.1, -0.05) is 29.8 Å². The normalized spacial score (nSPS) is 15.9. The van der Waals surface area contributed by atoms with Gasteiger partial charge < -0.3 is 14.0 Å². The molecule has 0 N–H and O–H groups in total. The number of methoxy groups -OCH3 is 1. The van der Waals surface area contributed by atoms with E-state index in [1.807, 2.05) is 31.3 Å². The number of nitrogens with zero attached hydrogens (tertiary/aromatic N) is 2. The average molecular weight is 362 g/mol. The second-order valence-corrected chi connectivity index (χ2v) is 7.03. The van der Waals surface area contributed by atoms with E-state index >= 15 is 0 Å². The molecular weight excluding hydrogens is 340 g/mol. The number of carbonyl (C=O) groups excluding carboxylic acids is 1. The second kappa shape index (κ2) is 6.58. The lowest BCUT2D eigenvalue weighted by Gasteiger charge is -2.17. The SMILES string of the molecule is COC(=O)c1cc2c3ccccc3n3c2c(n1)C(CC=C(C)C)OC(C)=C3. The van der Waals surface area contributed by atoms with Gasteiger partial charge in [-0.2, -0.15) is 0 Å². The average Bonchev–Trinajstić information content (AvgIpc) is 2.89. The van der Waals surface area contributed by atoms with Crippen LogP contribution in [0.15, 0.2) is 47.7 Å². The van der Waals surface area contributed by atoms with Gasteiger partial charge in [0, 0.05) is 23.4 Å². The molecule has 0 aliphatic carbocycles. The van der Waals surface area contributed by atoms with Gasteiger partial charge in [0.2, 0.25) is 0 Å². The molecule has 0 radical (unpaired) electrons. The maximum absolute atomic E-state index is 12.3. The van der Waals surface area contributed by atoms with E-state index in [1.165, 1.54) is 12.7 Å². The van der Waals surface area contributed by atoms with Gasteiger partial charge in [0.1, 0.15) is 23.3 Å². The number of hydrogen-bond acceptors (Lipinski definition) is 4. The lowest BCUT2D eigenvalue weighted by Crippen LogP contribution is -2.10. The number of rotatable bonds is 3. The molecule has 3 aromatic rings. The number of pyridine rings is 1. The van der Waals surface area contributed by atoms with Crippen molar-refractivity contribution in [3.05, 3.63) is 59.1 Å². The minimum absolute atomic E-state index is 0.270. The first-order valence-corrected chi connectivity index (χ1v) is 9.00. The molecule has 0 bridgehead atoms. The van der Waals surface area contributed by atoms with Crippen LogP contribution < -0.4 is 0 Å². The smallest absolute Gasteiger partial charge is 0.356 e. The predicted octanol–water partition coefficient (Wildman–Crippen LogP) is 5.22. The molecule has 0 spiro atoms. The van der Waals surface area contributed by atoms with Gasteiger partial charge in [-0.3, -0.25) is 0 Å². The van der Waals surface area contributed by atoms with Crippen molar-refractivity contribution < 1.29 is 14.3 Å². The lowest BCUT2D eigenvalue weighted by atomic mass is 10.1. The number of ether oxygens (including phenoxy) is 2. The molecule has 1 atom stereocenters. The molecule has 27 heavy (non-hydrogen) atoms. The Morgan fingerprint density at radius 1 is 1.30 bits per heavy atom. The van der Waals surface area contributed by atoms with Crippen LogP contribution in [0.25, 0.3) is 28.0 Å². The minimum Gasteiger partial charge on any atom is -0.487 e. The predicted molar refractivity (Wildman–Crippen MR) is 106 cm³/mol. The molecule has 1 aromatic carbocycles. The van der Waals surface area contributed by atoms with Crippen LogP contribution in [-0.2, 0) is 9.47 Å². The molecule has 0 saturated carbocycles. The Kier molecular flexibility index (Phi) is 4.22. The highest BCUT2D eigenvalue weighted by Crippen LogP contribution is 2.39. The first kappa shape index (κ1) is 17.3. The molecule has 0 fully saturated rings. The van der Waals surface area contributed by atoms with E-state index < -0.39 is 5.97 Å². The highest BCUT2D eigenvalue weighted by atomic mass is 16.5. The molecule has 2 aromatic heterocycles. The zero-order valence-corrected chi connectivity index (χ0v) is 15.9. The maximum Gasteiger partial charge on any atom is 0.356 e.